The predicted octanol–water partition coefficient (Wildman–Crippen LogP) is 3.38. The van der Waals surface area contributed by atoms with E-state index in [2.05, 4.69) is 19.1 Å². The van der Waals surface area contributed by atoms with Crippen LogP contribution in [-0.2, 0) is 17.8 Å². The molecule has 1 unspecified atom stereocenters. The van der Waals surface area contributed by atoms with E-state index in [-0.39, 0.29) is 11.9 Å². The lowest BCUT2D eigenvalue weighted by atomic mass is 10.0. The Bertz CT molecular complexity index is 652. The van der Waals surface area contributed by atoms with Crippen LogP contribution in [0.5, 0.6) is 0 Å². The van der Waals surface area contributed by atoms with Crippen LogP contribution in [0.2, 0.25) is 0 Å². The van der Waals surface area contributed by atoms with E-state index in [4.69, 9.17) is 5.73 Å². The smallest absolute Gasteiger partial charge is 0.240 e. The summed E-state index contributed by atoms with van der Waals surface area (Å²) in [7, 11) is 0. The molecule has 0 spiro atoms. The molecule has 24 heavy (non-hydrogen) atoms. The normalized spacial score (nSPS) is 16.4. The molecule has 3 nitrogen and oxygen atoms in total. The fraction of sp³-hybridized carbons (Fsp3) is 0.381. The van der Waals surface area contributed by atoms with Gasteiger partial charge in [0.05, 0.1) is 6.04 Å². The van der Waals surface area contributed by atoms with E-state index in [0.717, 1.165) is 11.1 Å². The van der Waals surface area contributed by atoms with Crippen molar-refractivity contribution in [2.24, 2.45) is 11.7 Å². The fourth-order valence-corrected chi connectivity index (χ4v) is 3.20. The molecule has 1 aliphatic rings. The summed E-state index contributed by atoms with van der Waals surface area (Å²) >= 11 is 0. The molecule has 126 valence electrons. The third kappa shape index (κ3) is 4.24. The van der Waals surface area contributed by atoms with Gasteiger partial charge in [0.2, 0.25) is 5.91 Å². The third-order valence-corrected chi connectivity index (χ3v) is 4.89. The molecule has 3 rings (SSSR count). The second-order valence-corrected chi connectivity index (χ2v) is 6.83. The SMILES string of the molecule is CC(C1CC1)N(Cc1ccccc1)C(=O)[C@H](N)Cc1ccccc1. The van der Waals surface area contributed by atoms with Crippen LogP contribution < -0.4 is 5.73 Å². The van der Waals surface area contributed by atoms with Crippen molar-refractivity contribution in [2.45, 2.75) is 44.8 Å². The van der Waals surface area contributed by atoms with Crippen molar-refractivity contribution in [3.05, 3.63) is 71.8 Å². The summed E-state index contributed by atoms with van der Waals surface area (Å²) in [5, 5.41) is 0. The maximum atomic E-state index is 13.0. The number of nitrogens with zero attached hydrogens (tertiary/aromatic N) is 1. The zero-order valence-corrected chi connectivity index (χ0v) is 14.3. The summed E-state index contributed by atoms with van der Waals surface area (Å²) in [4.78, 5) is 15.0. The van der Waals surface area contributed by atoms with Gasteiger partial charge in [-0.05, 0) is 43.2 Å². The average molecular weight is 322 g/mol. The topological polar surface area (TPSA) is 46.3 Å². The van der Waals surface area contributed by atoms with Crippen LogP contribution in [0.4, 0.5) is 0 Å². The molecule has 2 N–H and O–H groups in total. The summed E-state index contributed by atoms with van der Waals surface area (Å²) in [6, 6.07) is 19.9. The van der Waals surface area contributed by atoms with Crippen LogP contribution in [0.3, 0.4) is 0 Å². The van der Waals surface area contributed by atoms with Gasteiger partial charge in [0, 0.05) is 12.6 Å². The highest BCUT2D eigenvalue weighted by atomic mass is 16.2. The van der Waals surface area contributed by atoms with Gasteiger partial charge in [0.15, 0.2) is 0 Å². The number of amides is 1. The lowest BCUT2D eigenvalue weighted by Gasteiger charge is -2.32. The Morgan fingerprint density at radius 3 is 2.12 bits per heavy atom. The Morgan fingerprint density at radius 1 is 1.04 bits per heavy atom. The summed E-state index contributed by atoms with van der Waals surface area (Å²) < 4.78 is 0. The molecule has 0 aliphatic heterocycles. The maximum Gasteiger partial charge on any atom is 0.240 e. The largest absolute Gasteiger partial charge is 0.334 e. The van der Waals surface area contributed by atoms with Gasteiger partial charge >= 0.3 is 0 Å². The van der Waals surface area contributed by atoms with Crippen molar-refractivity contribution in [1.82, 2.24) is 4.90 Å². The van der Waals surface area contributed by atoms with Gasteiger partial charge < -0.3 is 10.6 Å². The van der Waals surface area contributed by atoms with E-state index in [0.29, 0.717) is 18.9 Å². The number of hydrogen-bond donors (Lipinski definition) is 1. The van der Waals surface area contributed by atoms with E-state index in [1.807, 2.05) is 53.4 Å². The van der Waals surface area contributed by atoms with Crippen molar-refractivity contribution in [3.8, 4) is 0 Å². The number of carbonyl (C=O) groups is 1. The molecule has 3 heteroatoms. The molecule has 0 heterocycles. The molecular weight excluding hydrogens is 296 g/mol. The van der Waals surface area contributed by atoms with Crippen molar-refractivity contribution >= 4 is 5.91 Å². The maximum absolute atomic E-state index is 13.0. The molecule has 0 saturated heterocycles. The lowest BCUT2D eigenvalue weighted by Crippen LogP contribution is -2.49. The molecule has 0 aromatic heterocycles. The standard InChI is InChI=1S/C21H26N2O/c1-16(19-12-13-19)23(15-18-10-6-3-7-11-18)21(24)20(22)14-17-8-4-2-5-9-17/h2-11,16,19-20H,12-15,22H2,1H3/t16?,20-/m1/s1. The van der Waals surface area contributed by atoms with Crippen LogP contribution >= 0.6 is 0 Å². The summed E-state index contributed by atoms with van der Waals surface area (Å²) in [5.41, 5.74) is 8.54. The predicted molar refractivity (Wildman–Crippen MR) is 97.3 cm³/mol. The first-order valence-electron chi connectivity index (χ1n) is 8.79. The fourth-order valence-electron chi connectivity index (χ4n) is 3.20. The minimum Gasteiger partial charge on any atom is -0.334 e. The first-order chi connectivity index (χ1) is 11.6. The molecule has 1 saturated carbocycles. The van der Waals surface area contributed by atoms with Crippen LogP contribution in [0.1, 0.15) is 30.9 Å². The molecule has 1 amide bonds. The molecule has 0 radical (unpaired) electrons. The average Bonchev–Trinajstić information content (AvgIpc) is 3.45. The Morgan fingerprint density at radius 2 is 1.58 bits per heavy atom. The zero-order valence-electron chi connectivity index (χ0n) is 14.3. The van der Waals surface area contributed by atoms with Gasteiger partial charge in [-0.1, -0.05) is 60.7 Å². The number of benzene rings is 2. The first-order valence-corrected chi connectivity index (χ1v) is 8.79. The van der Waals surface area contributed by atoms with Gasteiger partial charge in [0.25, 0.3) is 0 Å². The second-order valence-electron chi connectivity index (χ2n) is 6.83. The van der Waals surface area contributed by atoms with Crippen molar-refractivity contribution in [1.29, 1.82) is 0 Å². The van der Waals surface area contributed by atoms with Crippen LogP contribution in [-0.4, -0.2) is 22.9 Å². The van der Waals surface area contributed by atoms with E-state index >= 15 is 0 Å². The van der Waals surface area contributed by atoms with E-state index < -0.39 is 6.04 Å². The van der Waals surface area contributed by atoms with Gasteiger partial charge in [-0.3, -0.25) is 4.79 Å². The lowest BCUT2D eigenvalue weighted by molar-refractivity contribution is -0.135. The van der Waals surface area contributed by atoms with Crippen molar-refractivity contribution in [3.63, 3.8) is 0 Å². The van der Waals surface area contributed by atoms with Gasteiger partial charge in [-0.25, -0.2) is 0 Å². The van der Waals surface area contributed by atoms with Gasteiger partial charge in [-0.2, -0.15) is 0 Å². The van der Waals surface area contributed by atoms with E-state index in [1.165, 1.54) is 12.8 Å². The van der Waals surface area contributed by atoms with Gasteiger partial charge in [-0.15, -0.1) is 0 Å². The number of rotatable bonds is 7. The summed E-state index contributed by atoms with van der Waals surface area (Å²) in [6.07, 6.45) is 3.02. The van der Waals surface area contributed by atoms with Crippen LogP contribution in [0.25, 0.3) is 0 Å². The number of hydrogen-bond acceptors (Lipinski definition) is 2. The highest BCUT2D eigenvalue weighted by Gasteiger charge is 2.35. The van der Waals surface area contributed by atoms with Gasteiger partial charge in [0.1, 0.15) is 0 Å². The summed E-state index contributed by atoms with van der Waals surface area (Å²) in [5.74, 6) is 0.684. The molecule has 0 bridgehead atoms. The highest BCUT2D eigenvalue weighted by molar-refractivity contribution is 5.82. The molecule has 1 aliphatic carbocycles. The highest BCUT2D eigenvalue weighted by Crippen LogP contribution is 2.36. The minimum absolute atomic E-state index is 0.0575. The van der Waals surface area contributed by atoms with E-state index in [1.54, 1.807) is 0 Å². The Labute approximate surface area is 144 Å². The molecule has 2 atom stereocenters. The Balaban J connectivity index is 1.72. The second kappa shape index (κ2) is 7.63. The Kier molecular flexibility index (Phi) is 5.31. The molecule has 1 fully saturated rings. The number of nitrogens with two attached hydrogens (primary N) is 1. The molecule has 2 aromatic carbocycles. The van der Waals surface area contributed by atoms with Crippen LogP contribution in [0.15, 0.2) is 60.7 Å². The summed E-state index contributed by atoms with van der Waals surface area (Å²) in [6.45, 7) is 2.80. The Hall–Kier alpha value is -2.13. The minimum atomic E-state index is -0.489. The van der Waals surface area contributed by atoms with Crippen molar-refractivity contribution in [2.75, 3.05) is 0 Å². The quantitative estimate of drug-likeness (QED) is 0.849. The van der Waals surface area contributed by atoms with Crippen LogP contribution in [0, 0.1) is 5.92 Å². The third-order valence-electron chi connectivity index (χ3n) is 4.89. The number of carbonyl (C=O) groups excluding carboxylic acids is 1. The zero-order chi connectivity index (χ0) is 16.9. The molecule has 2 aromatic rings. The first kappa shape index (κ1) is 16.7. The van der Waals surface area contributed by atoms with E-state index in [9.17, 15) is 4.79 Å². The van der Waals surface area contributed by atoms with Crippen molar-refractivity contribution < 1.29 is 4.79 Å². The monoisotopic (exact) mass is 322 g/mol. The molecular formula is C21H26N2O.